The second-order valence-electron chi connectivity index (χ2n) is 5.72. The maximum Gasteiger partial charge on any atom is 0.293 e. The monoisotopic (exact) mass is 384 g/mol. The van der Waals surface area contributed by atoms with Crippen LogP contribution in [0.3, 0.4) is 0 Å². The molecule has 0 aliphatic rings. The van der Waals surface area contributed by atoms with Crippen molar-refractivity contribution in [1.29, 1.82) is 0 Å². The van der Waals surface area contributed by atoms with Crippen molar-refractivity contribution in [2.45, 2.75) is 13.5 Å². The van der Waals surface area contributed by atoms with Crippen molar-refractivity contribution in [3.05, 3.63) is 69.2 Å². The Bertz CT molecular complexity index is 1210. The van der Waals surface area contributed by atoms with Crippen molar-refractivity contribution < 1.29 is 9.32 Å². The SMILES string of the molecule is Cc1onc(-c2ccccc2Cl)c1C(=O)NCc1nnc2c(=O)[nH]ccn12. The minimum atomic E-state index is -0.398. The average Bonchev–Trinajstić information content (AvgIpc) is 3.25. The van der Waals surface area contributed by atoms with E-state index in [4.69, 9.17) is 16.1 Å². The summed E-state index contributed by atoms with van der Waals surface area (Å²) in [5, 5.41) is 15.0. The topological polar surface area (TPSA) is 118 Å². The molecule has 0 saturated carbocycles. The summed E-state index contributed by atoms with van der Waals surface area (Å²) in [5.41, 5.74) is 1.03. The summed E-state index contributed by atoms with van der Waals surface area (Å²) in [6, 6.07) is 7.06. The predicted octanol–water partition coefficient (Wildman–Crippen LogP) is 1.96. The summed E-state index contributed by atoms with van der Waals surface area (Å²) in [6.45, 7) is 1.71. The molecule has 0 spiro atoms. The molecule has 27 heavy (non-hydrogen) atoms. The molecule has 0 bridgehead atoms. The summed E-state index contributed by atoms with van der Waals surface area (Å²) in [4.78, 5) is 27.0. The van der Waals surface area contributed by atoms with E-state index >= 15 is 0 Å². The Morgan fingerprint density at radius 3 is 2.96 bits per heavy atom. The highest BCUT2D eigenvalue weighted by molar-refractivity contribution is 6.33. The second kappa shape index (κ2) is 6.69. The highest BCUT2D eigenvalue weighted by atomic mass is 35.5. The van der Waals surface area contributed by atoms with Gasteiger partial charge in [0.05, 0.1) is 11.6 Å². The molecular weight excluding hydrogens is 372 g/mol. The zero-order valence-corrected chi connectivity index (χ0v) is 14.8. The highest BCUT2D eigenvalue weighted by Gasteiger charge is 2.23. The molecule has 4 rings (SSSR count). The number of benzene rings is 1. The molecule has 3 heterocycles. The van der Waals surface area contributed by atoms with Crippen LogP contribution in [0.25, 0.3) is 16.9 Å². The van der Waals surface area contributed by atoms with E-state index in [-0.39, 0.29) is 23.3 Å². The first-order valence-corrected chi connectivity index (χ1v) is 8.34. The fraction of sp³-hybridized carbons (Fsp3) is 0.118. The van der Waals surface area contributed by atoms with Gasteiger partial charge in [-0.2, -0.15) is 0 Å². The van der Waals surface area contributed by atoms with Gasteiger partial charge in [0.15, 0.2) is 5.82 Å². The molecule has 4 aromatic rings. The number of H-pyrrole nitrogens is 1. The zero-order valence-electron chi connectivity index (χ0n) is 14.1. The second-order valence-corrected chi connectivity index (χ2v) is 6.13. The molecule has 0 radical (unpaired) electrons. The van der Waals surface area contributed by atoms with Crippen molar-refractivity contribution >= 4 is 23.2 Å². The summed E-state index contributed by atoms with van der Waals surface area (Å²) in [5.74, 6) is 0.382. The molecule has 0 aliphatic heterocycles. The number of nitrogens with one attached hydrogen (secondary N) is 2. The van der Waals surface area contributed by atoms with Crippen molar-refractivity contribution in [3.63, 3.8) is 0 Å². The van der Waals surface area contributed by atoms with Crippen molar-refractivity contribution in [2.75, 3.05) is 0 Å². The summed E-state index contributed by atoms with van der Waals surface area (Å²) in [6.07, 6.45) is 3.09. The summed E-state index contributed by atoms with van der Waals surface area (Å²) < 4.78 is 6.71. The molecule has 2 N–H and O–H groups in total. The lowest BCUT2D eigenvalue weighted by Gasteiger charge is -2.06. The van der Waals surface area contributed by atoms with Crippen LogP contribution in [0.4, 0.5) is 0 Å². The number of hydrogen-bond acceptors (Lipinski definition) is 6. The first-order chi connectivity index (χ1) is 13.1. The Morgan fingerprint density at radius 2 is 2.15 bits per heavy atom. The number of aromatic amines is 1. The van der Waals surface area contributed by atoms with Gasteiger partial charge < -0.3 is 14.8 Å². The molecule has 9 nitrogen and oxygen atoms in total. The standard InChI is InChI=1S/C17H13ClN6O3/c1-9-13(14(23-27-9)10-4-2-3-5-11(10)18)16(25)20-8-12-21-22-15-17(26)19-6-7-24(12)15/h2-7H,8H2,1H3,(H,19,26)(H,20,25). The van der Waals surface area contributed by atoms with Crippen LogP contribution in [0.15, 0.2) is 46.0 Å². The Balaban J connectivity index is 1.63. The Kier molecular flexibility index (Phi) is 4.21. The predicted molar refractivity (Wildman–Crippen MR) is 96.5 cm³/mol. The number of nitrogens with zero attached hydrogens (tertiary/aromatic N) is 4. The minimum absolute atomic E-state index is 0.0655. The molecule has 0 atom stereocenters. The number of aromatic nitrogens is 5. The molecular formula is C17H13ClN6O3. The van der Waals surface area contributed by atoms with Gasteiger partial charge in [0.1, 0.15) is 17.0 Å². The molecule has 0 aliphatic carbocycles. The lowest BCUT2D eigenvalue weighted by Crippen LogP contribution is -2.25. The fourth-order valence-corrected chi connectivity index (χ4v) is 2.96. The molecule has 136 valence electrons. The number of carbonyl (C=O) groups is 1. The largest absolute Gasteiger partial charge is 0.360 e. The molecule has 0 saturated heterocycles. The van der Waals surface area contributed by atoms with E-state index < -0.39 is 5.91 Å². The Labute approximate surface area is 157 Å². The maximum absolute atomic E-state index is 12.8. The number of fused-ring (bicyclic) bond motifs is 1. The number of aryl methyl sites for hydroxylation is 1. The van der Waals surface area contributed by atoms with E-state index in [1.165, 1.54) is 10.6 Å². The zero-order chi connectivity index (χ0) is 19.0. The molecule has 0 fully saturated rings. The van der Waals surface area contributed by atoms with Crippen LogP contribution in [0.2, 0.25) is 5.02 Å². The van der Waals surface area contributed by atoms with Crippen LogP contribution in [-0.4, -0.2) is 30.6 Å². The molecule has 1 amide bonds. The average molecular weight is 385 g/mol. The number of halogens is 1. The van der Waals surface area contributed by atoms with E-state index in [1.807, 2.05) is 0 Å². The summed E-state index contributed by atoms with van der Waals surface area (Å²) >= 11 is 6.22. The van der Waals surface area contributed by atoms with Crippen LogP contribution < -0.4 is 10.9 Å². The lowest BCUT2D eigenvalue weighted by atomic mass is 10.1. The van der Waals surface area contributed by atoms with Crippen LogP contribution in [0, 0.1) is 6.92 Å². The van der Waals surface area contributed by atoms with Crippen LogP contribution in [0.1, 0.15) is 21.9 Å². The first-order valence-electron chi connectivity index (χ1n) is 7.97. The van der Waals surface area contributed by atoms with Crippen molar-refractivity contribution in [2.24, 2.45) is 0 Å². The van der Waals surface area contributed by atoms with Crippen molar-refractivity contribution in [1.82, 2.24) is 30.1 Å². The molecule has 0 unspecified atom stereocenters. The molecule has 10 heteroatoms. The van der Waals surface area contributed by atoms with Gasteiger partial charge in [-0.15, -0.1) is 10.2 Å². The van der Waals surface area contributed by atoms with E-state index in [0.29, 0.717) is 27.9 Å². The quantitative estimate of drug-likeness (QED) is 0.555. The van der Waals surface area contributed by atoms with E-state index in [9.17, 15) is 9.59 Å². The minimum Gasteiger partial charge on any atom is -0.360 e. The molecule has 1 aromatic carbocycles. The normalized spacial score (nSPS) is 11.0. The van der Waals surface area contributed by atoms with Crippen LogP contribution >= 0.6 is 11.6 Å². The smallest absolute Gasteiger partial charge is 0.293 e. The number of hydrogen-bond donors (Lipinski definition) is 2. The van der Waals surface area contributed by atoms with Gasteiger partial charge in [-0.1, -0.05) is 35.0 Å². The van der Waals surface area contributed by atoms with Gasteiger partial charge in [0.2, 0.25) is 5.65 Å². The third kappa shape index (κ3) is 2.97. The Hall–Kier alpha value is -3.46. The van der Waals surface area contributed by atoms with Gasteiger partial charge in [0, 0.05) is 18.0 Å². The van der Waals surface area contributed by atoms with E-state index in [1.54, 1.807) is 37.4 Å². The van der Waals surface area contributed by atoms with Crippen molar-refractivity contribution in [3.8, 4) is 11.3 Å². The van der Waals surface area contributed by atoms with Gasteiger partial charge in [-0.05, 0) is 13.0 Å². The fourth-order valence-electron chi connectivity index (χ4n) is 2.73. The van der Waals surface area contributed by atoms with Crippen LogP contribution in [-0.2, 0) is 6.54 Å². The number of carbonyl (C=O) groups excluding carboxylic acids is 1. The van der Waals surface area contributed by atoms with E-state index in [0.717, 1.165) is 0 Å². The van der Waals surface area contributed by atoms with Gasteiger partial charge in [0.25, 0.3) is 11.5 Å². The first kappa shape index (κ1) is 17.0. The third-order valence-corrected chi connectivity index (χ3v) is 4.36. The lowest BCUT2D eigenvalue weighted by molar-refractivity contribution is 0.0949. The third-order valence-electron chi connectivity index (χ3n) is 4.03. The summed E-state index contributed by atoms with van der Waals surface area (Å²) in [7, 11) is 0. The number of amides is 1. The van der Waals surface area contributed by atoms with Gasteiger partial charge in [-0.3, -0.25) is 14.0 Å². The van der Waals surface area contributed by atoms with E-state index in [2.05, 4.69) is 25.7 Å². The van der Waals surface area contributed by atoms with Crippen LogP contribution in [0.5, 0.6) is 0 Å². The number of rotatable bonds is 4. The van der Waals surface area contributed by atoms with Gasteiger partial charge in [-0.25, -0.2) is 0 Å². The Morgan fingerprint density at radius 1 is 1.33 bits per heavy atom. The highest BCUT2D eigenvalue weighted by Crippen LogP contribution is 2.30. The maximum atomic E-state index is 12.8. The molecule has 3 aromatic heterocycles. The van der Waals surface area contributed by atoms with Gasteiger partial charge >= 0.3 is 0 Å².